The zero-order valence-corrected chi connectivity index (χ0v) is 11.2. The van der Waals surface area contributed by atoms with Gasteiger partial charge in [0.15, 0.2) is 0 Å². The van der Waals surface area contributed by atoms with Crippen LogP contribution in [0.15, 0.2) is 46.5 Å². The maximum atomic E-state index is 10.5. The minimum absolute atomic E-state index is 0.0513. The smallest absolute Gasteiger partial charge is 0.258 e. The summed E-state index contributed by atoms with van der Waals surface area (Å²) in [7, 11) is 0. The molecule has 0 aliphatic rings. The topological polar surface area (TPSA) is 56.0 Å². The number of hydrogen-bond acceptors (Lipinski definition) is 4. The molecule has 18 heavy (non-hydrogen) atoms. The molecule has 0 unspecified atom stereocenters. The summed E-state index contributed by atoms with van der Waals surface area (Å²) >= 11 is 13.3. The molecule has 0 bridgehead atoms. The largest absolute Gasteiger partial charge is 0.287 e. The first-order valence-electron chi connectivity index (χ1n) is 4.80. The van der Waals surface area contributed by atoms with Gasteiger partial charge in [-0.3, -0.25) is 10.1 Å². The predicted octanol–water partition coefficient (Wildman–Crippen LogP) is 4.45. The van der Waals surface area contributed by atoms with E-state index in [2.05, 4.69) is 4.98 Å². The third-order valence-corrected chi connectivity index (χ3v) is 4.01. The molecule has 2 rings (SSSR count). The fourth-order valence-electron chi connectivity index (χ4n) is 1.23. The van der Waals surface area contributed by atoms with Crippen molar-refractivity contribution in [2.24, 2.45) is 0 Å². The van der Waals surface area contributed by atoms with Gasteiger partial charge in [-0.15, -0.1) is 0 Å². The maximum Gasteiger partial charge on any atom is 0.287 e. The highest BCUT2D eigenvalue weighted by Crippen LogP contribution is 2.37. The zero-order valence-electron chi connectivity index (χ0n) is 8.84. The van der Waals surface area contributed by atoms with E-state index in [9.17, 15) is 10.1 Å². The van der Waals surface area contributed by atoms with E-state index >= 15 is 0 Å². The quantitative estimate of drug-likeness (QED) is 0.621. The van der Waals surface area contributed by atoms with Crippen LogP contribution in [0.3, 0.4) is 0 Å². The molecule has 1 heterocycles. The average Bonchev–Trinajstić information content (AvgIpc) is 2.34. The normalized spacial score (nSPS) is 10.3. The summed E-state index contributed by atoms with van der Waals surface area (Å²) < 4.78 is 0. The Hall–Kier alpha value is -1.30. The number of pyridine rings is 1. The SMILES string of the molecule is O=[N+]([O-])c1ccc(Sc2c(Cl)cccc2Cl)nc1. The summed E-state index contributed by atoms with van der Waals surface area (Å²) in [4.78, 5) is 14.7. The van der Waals surface area contributed by atoms with E-state index in [4.69, 9.17) is 23.2 Å². The molecule has 0 radical (unpaired) electrons. The summed E-state index contributed by atoms with van der Waals surface area (Å²) in [5, 5.41) is 12.1. The monoisotopic (exact) mass is 300 g/mol. The summed E-state index contributed by atoms with van der Waals surface area (Å²) in [6.45, 7) is 0. The maximum absolute atomic E-state index is 10.5. The molecule has 0 amide bonds. The molecule has 1 aromatic carbocycles. The second kappa shape index (κ2) is 5.56. The molecule has 0 saturated heterocycles. The Morgan fingerprint density at radius 1 is 1.17 bits per heavy atom. The number of aromatic nitrogens is 1. The van der Waals surface area contributed by atoms with Crippen molar-refractivity contribution >= 4 is 40.7 Å². The van der Waals surface area contributed by atoms with E-state index in [-0.39, 0.29) is 5.69 Å². The van der Waals surface area contributed by atoms with Gasteiger partial charge in [0.05, 0.1) is 19.9 Å². The Kier molecular flexibility index (Phi) is 4.06. The van der Waals surface area contributed by atoms with Crippen molar-refractivity contribution in [1.29, 1.82) is 0 Å². The van der Waals surface area contributed by atoms with Crippen molar-refractivity contribution in [3.63, 3.8) is 0 Å². The van der Waals surface area contributed by atoms with Crippen molar-refractivity contribution in [3.05, 3.63) is 56.7 Å². The Morgan fingerprint density at radius 2 is 1.83 bits per heavy atom. The summed E-state index contributed by atoms with van der Waals surface area (Å²) in [5.41, 5.74) is -0.0513. The third-order valence-electron chi connectivity index (χ3n) is 2.06. The standard InChI is InChI=1S/C11H6Cl2N2O2S/c12-8-2-1-3-9(13)11(8)18-10-5-4-7(6-14-10)15(16)17/h1-6H. The van der Waals surface area contributed by atoms with Gasteiger partial charge >= 0.3 is 0 Å². The lowest BCUT2D eigenvalue weighted by atomic mass is 10.4. The van der Waals surface area contributed by atoms with Gasteiger partial charge in [-0.25, -0.2) is 4.98 Å². The minimum Gasteiger partial charge on any atom is -0.258 e. The van der Waals surface area contributed by atoms with Crippen LogP contribution in [-0.2, 0) is 0 Å². The molecule has 0 aliphatic carbocycles. The summed E-state index contributed by atoms with van der Waals surface area (Å²) in [6, 6.07) is 8.14. The highest BCUT2D eigenvalue weighted by molar-refractivity contribution is 7.99. The van der Waals surface area contributed by atoms with Gasteiger partial charge in [-0.1, -0.05) is 41.0 Å². The average molecular weight is 301 g/mol. The van der Waals surface area contributed by atoms with Crippen molar-refractivity contribution in [2.75, 3.05) is 0 Å². The molecule has 92 valence electrons. The highest BCUT2D eigenvalue weighted by Gasteiger charge is 2.10. The molecular weight excluding hydrogens is 295 g/mol. The van der Waals surface area contributed by atoms with Crippen molar-refractivity contribution < 1.29 is 4.92 Å². The van der Waals surface area contributed by atoms with Crippen LogP contribution in [0.1, 0.15) is 0 Å². The lowest BCUT2D eigenvalue weighted by Crippen LogP contribution is -1.89. The molecule has 7 heteroatoms. The molecule has 0 fully saturated rings. The summed E-state index contributed by atoms with van der Waals surface area (Å²) in [6.07, 6.45) is 1.20. The highest BCUT2D eigenvalue weighted by atomic mass is 35.5. The number of nitrogens with zero attached hydrogens (tertiary/aromatic N) is 2. The Labute approximate surface area is 117 Å². The van der Waals surface area contributed by atoms with Crippen LogP contribution in [-0.4, -0.2) is 9.91 Å². The molecular formula is C11H6Cl2N2O2S. The van der Waals surface area contributed by atoms with Gasteiger partial charge in [-0.05, 0) is 18.2 Å². The second-order valence-corrected chi connectivity index (χ2v) is 5.11. The van der Waals surface area contributed by atoms with Gasteiger partial charge in [0, 0.05) is 6.07 Å². The molecule has 0 saturated carbocycles. The van der Waals surface area contributed by atoms with Crippen molar-refractivity contribution in [1.82, 2.24) is 4.98 Å². The Balaban J connectivity index is 2.26. The molecule has 0 aliphatic heterocycles. The minimum atomic E-state index is -0.496. The van der Waals surface area contributed by atoms with E-state index in [0.29, 0.717) is 20.0 Å². The fourth-order valence-corrected chi connectivity index (χ4v) is 2.64. The molecule has 2 aromatic rings. The van der Waals surface area contributed by atoms with Gasteiger partial charge in [-0.2, -0.15) is 0 Å². The predicted molar refractivity (Wildman–Crippen MR) is 71.5 cm³/mol. The van der Waals surface area contributed by atoms with Crippen LogP contribution >= 0.6 is 35.0 Å². The van der Waals surface area contributed by atoms with Crippen LogP contribution < -0.4 is 0 Å². The van der Waals surface area contributed by atoms with E-state index in [1.807, 2.05) is 0 Å². The van der Waals surface area contributed by atoms with Crippen molar-refractivity contribution in [2.45, 2.75) is 9.92 Å². The van der Waals surface area contributed by atoms with Gasteiger partial charge in [0.25, 0.3) is 5.69 Å². The molecule has 0 spiro atoms. The fraction of sp³-hybridized carbons (Fsp3) is 0. The van der Waals surface area contributed by atoms with E-state index in [0.717, 1.165) is 0 Å². The van der Waals surface area contributed by atoms with Crippen LogP contribution in [0.5, 0.6) is 0 Å². The number of hydrogen-bond donors (Lipinski definition) is 0. The number of rotatable bonds is 3. The zero-order chi connectivity index (χ0) is 13.1. The van der Waals surface area contributed by atoms with Gasteiger partial charge < -0.3 is 0 Å². The summed E-state index contributed by atoms with van der Waals surface area (Å²) in [5.74, 6) is 0. The first-order valence-corrected chi connectivity index (χ1v) is 6.37. The van der Waals surface area contributed by atoms with E-state index < -0.39 is 4.92 Å². The van der Waals surface area contributed by atoms with Crippen LogP contribution in [0.25, 0.3) is 0 Å². The van der Waals surface area contributed by atoms with Gasteiger partial charge in [0.1, 0.15) is 11.2 Å². The van der Waals surface area contributed by atoms with Crippen LogP contribution in [0, 0.1) is 10.1 Å². The lowest BCUT2D eigenvalue weighted by molar-refractivity contribution is -0.385. The van der Waals surface area contributed by atoms with E-state index in [1.54, 1.807) is 24.3 Å². The number of nitro groups is 1. The second-order valence-electron chi connectivity index (χ2n) is 3.26. The van der Waals surface area contributed by atoms with Crippen molar-refractivity contribution in [3.8, 4) is 0 Å². The van der Waals surface area contributed by atoms with Gasteiger partial charge in [0.2, 0.25) is 0 Å². The molecule has 4 nitrogen and oxygen atoms in total. The third kappa shape index (κ3) is 2.93. The number of halogens is 2. The van der Waals surface area contributed by atoms with E-state index in [1.165, 1.54) is 24.0 Å². The molecule has 0 N–H and O–H groups in total. The molecule has 1 aromatic heterocycles. The first-order chi connectivity index (χ1) is 8.58. The molecule has 0 atom stereocenters. The Bertz CT molecular complexity index is 570. The Morgan fingerprint density at radius 3 is 2.33 bits per heavy atom. The number of benzene rings is 1. The lowest BCUT2D eigenvalue weighted by Gasteiger charge is -2.05. The first kappa shape index (κ1) is 13.1. The van der Waals surface area contributed by atoms with Crippen LogP contribution in [0.4, 0.5) is 5.69 Å². The van der Waals surface area contributed by atoms with Crippen LogP contribution in [0.2, 0.25) is 10.0 Å².